The van der Waals surface area contributed by atoms with Gasteiger partial charge in [0, 0.05) is 14.2 Å². The lowest BCUT2D eigenvalue weighted by atomic mass is 10.9. The number of alkyl halides is 2. The fraction of sp³-hybridized carbons (Fsp3) is 0.750. The molecule has 0 aliphatic carbocycles. The number of aldehydes is 1. The monoisotopic (exact) mass is 220 g/mol. The van der Waals surface area contributed by atoms with Crippen LogP contribution < -0.4 is 0 Å². The zero-order valence-electron chi connectivity index (χ0n) is 5.91. The van der Waals surface area contributed by atoms with Crippen LogP contribution in [0.15, 0.2) is 0 Å². The Bertz CT molecular complexity index is 185. The maximum absolute atomic E-state index is 11.3. The highest BCUT2D eigenvalue weighted by Gasteiger charge is 2.47. The average molecular weight is 221 g/mol. The number of carbonyl (C=O) groups excluding carboxylic acids is 1. The normalized spacial score (nSPS) is 13.1. The van der Waals surface area contributed by atoms with E-state index in [9.17, 15) is 9.36 Å². The highest BCUT2D eigenvalue weighted by molar-refractivity contribution is 7.61. The lowest BCUT2D eigenvalue weighted by molar-refractivity contribution is -0.107. The first-order valence-corrected chi connectivity index (χ1v) is 4.79. The summed E-state index contributed by atoms with van der Waals surface area (Å²) in [6, 6.07) is 0. The van der Waals surface area contributed by atoms with Gasteiger partial charge in [-0.15, -0.1) is 0 Å². The van der Waals surface area contributed by atoms with E-state index in [1.807, 2.05) is 0 Å². The Kier molecular flexibility index (Phi) is 4.02. The van der Waals surface area contributed by atoms with E-state index in [-0.39, 0.29) is 6.29 Å². The molecule has 0 aromatic rings. The highest BCUT2D eigenvalue weighted by atomic mass is 35.5. The minimum absolute atomic E-state index is 0.101. The van der Waals surface area contributed by atoms with Gasteiger partial charge in [0.2, 0.25) is 0 Å². The third-order valence-electron chi connectivity index (χ3n) is 0.988. The van der Waals surface area contributed by atoms with Gasteiger partial charge in [0.1, 0.15) is 0 Å². The van der Waals surface area contributed by atoms with E-state index in [4.69, 9.17) is 23.2 Å². The van der Waals surface area contributed by atoms with Crippen LogP contribution in [0.25, 0.3) is 0 Å². The summed E-state index contributed by atoms with van der Waals surface area (Å²) >= 11 is 10.6. The molecule has 11 heavy (non-hydrogen) atoms. The molecule has 0 aromatic heterocycles. The maximum atomic E-state index is 11.3. The summed E-state index contributed by atoms with van der Waals surface area (Å²) in [6.07, 6.45) is 0.101. The Labute approximate surface area is 74.3 Å². The molecule has 0 saturated heterocycles. The molecule has 0 heterocycles. The zero-order valence-corrected chi connectivity index (χ0v) is 8.32. The van der Waals surface area contributed by atoms with E-state index < -0.39 is 11.7 Å². The Morgan fingerprint density at radius 3 is 1.82 bits per heavy atom. The Hall–Kier alpha value is 0.400. The van der Waals surface area contributed by atoms with E-state index in [1.165, 1.54) is 0 Å². The fourth-order valence-electron chi connectivity index (χ4n) is 0.383. The number of hydrogen-bond donors (Lipinski definition) is 0. The summed E-state index contributed by atoms with van der Waals surface area (Å²) in [4.78, 5) is 10.2. The van der Waals surface area contributed by atoms with Crippen LogP contribution in [0.2, 0.25) is 0 Å². The zero-order chi connectivity index (χ0) is 9.12. The second-order valence-corrected chi connectivity index (χ2v) is 5.91. The molecule has 0 aliphatic rings. The van der Waals surface area contributed by atoms with Crippen molar-refractivity contribution < 1.29 is 18.4 Å². The number of hydrogen-bond acceptors (Lipinski definition) is 4. The van der Waals surface area contributed by atoms with Crippen LogP contribution in [-0.4, -0.2) is 24.6 Å². The van der Waals surface area contributed by atoms with Gasteiger partial charge in [-0.3, -0.25) is 9.36 Å². The predicted octanol–water partition coefficient (Wildman–Crippen LogP) is 1.80. The van der Waals surface area contributed by atoms with Gasteiger partial charge in [-0.1, -0.05) is 23.2 Å². The molecule has 0 radical (unpaired) electrons. The van der Waals surface area contributed by atoms with Gasteiger partial charge in [0.05, 0.1) is 0 Å². The first-order valence-electron chi connectivity index (χ1n) is 2.49. The summed E-state index contributed by atoms with van der Waals surface area (Å²) in [5, 5.41) is 0. The third kappa shape index (κ3) is 2.17. The standard InChI is InChI=1S/C4H7Cl2O4P/c1-9-11(8,10-2)4(5,6)3-7/h3H,1-2H3. The van der Waals surface area contributed by atoms with E-state index in [2.05, 4.69) is 9.05 Å². The molecule has 0 aliphatic heterocycles. The molecule has 66 valence electrons. The van der Waals surface area contributed by atoms with Crippen LogP contribution in [-0.2, 0) is 18.4 Å². The molecule has 0 unspecified atom stereocenters. The van der Waals surface area contributed by atoms with Crippen molar-refractivity contribution in [2.24, 2.45) is 0 Å². The first-order chi connectivity index (χ1) is 4.93. The number of halogens is 2. The Morgan fingerprint density at radius 2 is 1.73 bits per heavy atom. The minimum Gasteiger partial charge on any atom is -0.310 e. The lowest BCUT2D eigenvalue weighted by Crippen LogP contribution is -2.17. The molecule has 0 fully saturated rings. The average Bonchev–Trinajstić information content (AvgIpc) is 2.02. The van der Waals surface area contributed by atoms with Crippen molar-refractivity contribution in [3.63, 3.8) is 0 Å². The third-order valence-corrected chi connectivity index (χ3v) is 4.21. The number of carbonyl (C=O) groups is 1. The van der Waals surface area contributed by atoms with E-state index in [1.54, 1.807) is 0 Å². The SMILES string of the molecule is COP(=O)(OC)C(Cl)(Cl)C=O. The summed E-state index contributed by atoms with van der Waals surface area (Å²) in [5.74, 6) is 0. The van der Waals surface area contributed by atoms with Gasteiger partial charge in [-0.2, -0.15) is 0 Å². The van der Waals surface area contributed by atoms with Gasteiger partial charge in [-0.25, -0.2) is 0 Å². The van der Waals surface area contributed by atoms with Gasteiger partial charge >= 0.3 is 7.60 Å². The molecule has 0 aromatic carbocycles. The summed E-state index contributed by atoms with van der Waals surface area (Å²) < 4.78 is 17.9. The molecule has 7 heteroatoms. The molecule has 0 N–H and O–H groups in total. The molecular weight excluding hydrogens is 214 g/mol. The first kappa shape index (κ1) is 11.4. The van der Waals surface area contributed by atoms with Crippen LogP contribution in [0.3, 0.4) is 0 Å². The van der Waals surface area contributed by atoms with Crippen molar-refractivity contribution in [3.8, 4) is 0 Å². The van der Waals surface area contributed by atoms with Crippen LogP contribution in [0.5, 0.6) is 0 Å². The number of rotatable bonds is 4. The maximum Gasteiger partial charge on any atom is 0.373 e. The smallest absolute Gasteiger partial charge is 0.310 e. The molecule has 0 spiro atoms. The molecule has 0 atom stereocenters. The van der Waals surface area contributed by atoms with Crippen molar-refractivity contribution in [1.82, 2.24) is 0 Å². The Balaban J connectivity index is 4.77. The second kappa shape index (κ2) is 3.87. The van der Waals surface area contributed by atoms with Crippen LogP contribution in [0, 0.1) is 0 Å². The molecule has 0 amide bonds. The quantitative estimate of drug-likeness (QED) is 0.412. The van der Waals surface area contributed by atoms with E-state index in [0.29, 0.717) is 0 Å². The largest absolute Gasteiger partial charge is 0.373 e. The van der Waals surface area contributed by atoms with Crippen molar-refractivity contribution in [3.05, 3.63) is 0 Å². The van der Waals surface area contributed by atoms with Gasteiger partial charge in [0.25, 0.3) is 4.07 Å². The molecule has 0 bridgehead atoms. The van der Waals surface area contributed by atoms with Gasteiger partial charge in [-0.05, 0) is 0 Å². The van der Waals surface area contributed by atoms with Crippen LogP contribution in [0.1, 0.15) is 0 Å². The van der Waals surface area contributed by atoms with Gasteiger partial charge in [0.15, 0.2) is 6.29 Å². The Morgan fingerprint density at radius 1 is 1.36 bits per heavy atom. The molecule has 4 nitrogen and oxygen atoms in total. The predicted molar refractivity (Wildman–Crippen MR) is 42.1 cm³/mol. The summed E-state index contributed by atoms with van der Waals surface area (Å²) in [5.41, 5.74) is 0. The fourth-order valence-corrected chi connectivity index (χ4v) is 1.98. The van der Waals surface area contributed by atoms with Crippen molar-refractivity contribution in [2.45, 2.75) is 4.07 Å². The van der Waals surface area contributed by atoms with Crippen molar-refractivity contribution in [2.75, 3.05) is 14.2 Å². The van der Waals surface area contributed by atoms with Crippen LogP contribution in [0.4, 0.5) is 0 Å². The topological polar surface area (TPSA) is 52.6 Å². The highest BCUT2D eigenvalue weighted by Crippen LogP contribution is 2.62. The lowest BCUT2D eigenvalue weighted by Gasteiger charge is -2.20. The van der Waals surface area contributed by atoms with E-state index in [0.717, 1.165) is 14.2 Å². The molecule has 0 saturated carbocycles. The molecular formula is C4H7Cl2O4P. The summed E-state index contributed by atoms with van der Waals surface area (Å²) in [7, 11) is -1.54. The molecule has 0 rings (SSSR count). The van der Waals surface area contributed by atoms with E-state index >= 15 is 0 Å². The van der Waals surface area contributed by atoms with Crippen molar-refractivity contribution in [1.29, 1.82) is 0 Å². The summed E-state index contributed by atoms with van der Waals surface area (Å²) in [6.45, 7) is 0. The second-order valence-electron chi connectivity index (χ2n) is 1.57. The van der Waals surface area contributed by atoms with Crippen molar-refractivity contribution >= 4 is 37.1 Å². The minimum atomic E-state index is -3.72. The van der Waals surface area contributed by atoms with Crippen LogP contribution >= 0.6 is 30.8 Å². The van der Waals surface area contributed by atoms with Gasteiger partial charge < -0.3 is 9.05 Å².